The van der Waals surface area contributed by atoms with Crippen LogP contribution in [0.1, 0.15) is 5.56 Å². The third-order valence-electron chi connectivity index (χ3n) is 4.73. The Bertz CT molecular complexity index is 1330. The van der Waals surface area contributed by atoms with Gasteiger partial charge in [-0.3, -0.25) is 9.10 Å². The SMILES string of the molecule is COc1ccc(S(=O)(=O)N(CC(=O)N/N=C\c2c(Cl)cccc2Cl)c2ccc(F)cc2)cc1OC. The Morgan fingerprint density at radius 1 is 1.03 bits per heavy atom. The number of halogens is 3. The van der Waals surface area contributed by atoms with Crippen LogP contribution in [0.2, 0.25) is 10.0 Å². The van der Waals surface area contributed by atoms with Crippen LogP contribution in [0.3, 0.4) is 0 Å². The summed E-state index contributed by atoms with van der Waals surface area (Å²) in [4.78, 5) is 12.5. The van der Waals surface area contributed by atoms with Crippen molar-refractivity contribution in [3.63, 3.8) is 0 Å². The van der Waals surface area contributed by atoms with E-state index in [0.29, 0.717) is 21.4 Å². The molecule has 0 radical (unpaired) electrons. The zero-order chi connectivity index (χ0) is 25.6. The van der Waals surface area contributed by atoms with Gasteiger partial charge < -0.3 is 9.47 Å². The number of sulfonamides is 1. The predicted octanol–water partition coefficient (Wildman–Crippen LogP) is 4.50. The number of anilines is 1. The van der Waals surface area contributed by atoms with Crippen molar-refractivity contribution in [1.82, 2.24) is 5.43 Å². The van der Waals surface area contributed by atoms with Gasteiger partial charge in [0, 0.05) is 11.6 Å². The third kappa shape index (κ3) is 6.21. The average molecular weight is 540 g/mol. The summed E-state index contributed by atoms with van der Waals surface area (Å²) >= 11 is 12.1. The fraction of sp³-hybridized carbons (Fsp3) is 0.130. The molecule has 8 nitrogen and oxygen atoms in total. The van der Waals surface area contributed by atoms with E-state index in [2.05, 4.69) is 10.5 Å². The molecule has 0 saturated heterocycles. The van der Waals surface area contributed by atoms with Gasteiger partial charge in [-0.2, -0.15) is 5.10 Å². The quantitative estimate of drug-likeness (QED) is 0.319. The normalized spacial score (nSPS) is 11.3. The maximum atomic E-state index is 13.5. The molecule has 0 unspecified atom stereocenters. The van der Waals surface area contributed by atoms with Crippen LogP contribution in [0.25, 0.3) is 0 Å². The smallest absolute Gasteiger partial charge is 0.264 e. The molecule has 3 rings (SSSR count). The molecule has 0 atom stereocenters. The van der Waals surface area contributed by atoms with Gasteiger partial charge in [-0.15, -0.1) is 0 Å². The van der Waals surface area contributed by atoms with Crippen LogP contribution in [-0.2, 0) is 14.8 Å². The number of amides is 1. The summed E-state index contributed by atoms with van der Waals surface area (Å²) in [5.74, 6) is -0.830. The van der Waals surface area contributed by atoms with Gasteiger partial charge >= 0.3 is 0 Å². The maximum Gasteiger partial charge on any atom is 0.264 e. The van der Waals surface area contributed by atoms with Crippen molar-refractivity contribution in [3.05, 3.63) is 82.1 Å². The molecule has 0 saturated carbocycles. The second kappa shape index (κ2) is 11.4. The van der Waals surface area contributed by atoms with Gasteiger partial charge in [-0.25, -0.2) is 18.2 Å². The molecule has 184 valence electrons. The van der Waals surface area contributed by atoms with E-state index in [1.807, 2.05) is 0 Å². The Kier molecular flexibility index (Phi) is 8.55. The first-order chi connectivity index (χ1) is 16.7. The summed E-state index contributed by atoms with van der Waals surface area (Å²) in [6.45, 7) is -0.657. The number of carbonyl (C=O) groups is 1. The molecule has 3 aromatic carbocycles. The van der Waals surface area contributed by atoms with E-state index in [1.54, 1.807) is 18.2 Å². The molecule has 1 N–H and O–H groups in total. The lowest BCUT2D eigenvalue weighted by Crippen LogP contribution is -2.39. The summed E-state index contributed by atoms with van der Waals surface area (Å²) < 4.78 is 51.6. The monoisotopic (exact) mass is 539 g/mol. The summed E-state index contributed by atoms with van der Waals surface area (Å²) in [5.41, 5.74) is 2.69. The number of hydrogen-bond acceptors (Lipinski definition) is 6. The largest absolute Gasteiger partial charge is 0.493 e. The Balaban J connectivity index is 1.91. The zero-order valence-corrected chi connectivity index (χ0v) is 20.9. The highest BCUT2D eigenvalue weighted by Crippen LogP contribution is 2.32. The number of methoxy groups -OCH3 is 2. The van der Waals surface area contributed by atoms with Crippen LogP contribution in [0, 0.1) is 5.82 Å². The standard InChI is InChI=1S/C23H20Cl2FN3O5S/c1-33-21-11-10-17(12-22(21)34-2)35(31,32)29(16-8-6-15(26)7-9-16)14-23(30)28-27-13-18-19(24)4-3-5-20(18)25/h3-13H,14H2,1-2H3,(H,28,30)/b27-13-. The Labute approximate surface area is 211 Å². The molecule has 1 amide bonds. The van der Waals surface area contributed by atoms with Gasteiger partial charge in [0.25, 0.3) is 15.9 Å². The number of ether oxygens (including phenoxy) is 2. The molecule has 35 heavy (non-hydrogen) atoms. The Hall–Kier alpha value is -3.34. The van der Waals surface area contributed by atoms with Crippen molar-refractivity contribution in [3.8, 4) is 11.5 Å². The first kappa shape index (κ1) is 26.3. The van der Waals surface area contributed by atoms with Crippen LogP contribution in [-0.4, -0.2) is 41.3 Å². The maximum absolute atomic E-state index is 13.5. The molecule has 0 bridgehead atoms. The molecule has 0 aliphatic carbocycles. The molecule has 3 aromatic rings. The number of benzene rings is 3. The lowest BCUT2D eigenvalue weighted by atomic mass is 10.2. The second-order valence-electron chi connectivity index (χ2n) is 6.93. The Morgan fingerprint density at radius 2 is 1.66 bits per heavy atom. The highest BCUT2D eigenvalue weighted by molar-refractivity contribution is 7.92. The van der Waals surface area contributed by atoms with Crippen LogP contribution in [0.15, 0.2) is 70.7 Å². The van der Waals surface area contributed by atoms with Crippen molar-refractivity contribution in [2.75, 3.05) is 25.1 Å². The van der Waals surface area contributed by atoms with Gasteiger partial charge in [0.2, 0.25) is 0 Å². The number of rotatable bonds is 9. The average Bonchev–Trinajstić information content (AvgIpc) is 2.84. The minimum absolute atomic E-state index is 0.0643. The van der Waals surface area contributed by atoms with Crippen molar-refractivity contribution in [2.45, 2.75) is 4.90 Å². The van der Waals surface area contributed by atoms with E-state index < -0.39 is 28.3 Å². The van der Waals surface area contributed by atoms with E-state index >= 15 is 0 Å². The lowest BCUT2D eigenvalue weighted by molar-refractivity contribution is -0.119. The van der Waals surface area contributed by atoms with E-state index in [9.17, 15) is 17.6 Å². The van der Waals surface area contributed by atoms with Crippen LogP contribution >= 0.6 is 23.2 Å². The highest BCUT2D eigenvalue weighted by Gasteiger charge is 2.28. The summed E-state index contributed by atoms with van der Waals surface area (Å²) in [6.07, 6.45) is 1.24. The third-order valence-corrected chi connectivity index (χ3v) is 7.16. The minimum Gasteiger partial charge on any atom is -0.493 e. The number of hydrazone groups is 1. The fourth-order valence-electron chi connectivity index (χ4n) is 3.00. The highest BCUT2D eigenvalue weighted by atomic mass is 35.5. The van der Waals surface area contributed by atoms with E-state index in [4.69, 9.17) is 32.7 Å². The first-order valence-electron chi connectivity index (χ1n) is 9.93. The number of nitrogens with zero attached hydrogens (tertiary/aromatic N) is 2. The predicted molar refractivity (Wildman–Crippen MR) is 133 cm³/mol. The molecule has 0 aliphatic heterocycles. The number of carbonyl (C=O) groups excluding carboxylic acids is 1. The summed E-state index contributed by atoms with van der Waals surface area (Å²) in [6, 6.07) is 13.5. The summed E-state index contributed by atoms with van der Waals surface area (Å²) in [7, 11) is -1.51. The van der Waals surface area contributed by atoms with Gasteiger partial charge in [0.05, 0.1) is 41.1 Å². The van der Waals surface area contributed by atoms with Crippen molar-refractivity contribution >= 4 is 51.0 Å². The molecule has 0 fully saturated rings. The molecule has 0 spiro atoms. The van der Waals surface area contributed by atoms with Crippen molar-refractivity contribution in [2.24, 2.45) is 5.10 Å². The van der Waals surface area contributed by atoms with E-state index in [1.165, 1.54) is 50.8 Å². The first-order valence-corrected chi connectivity index (χ1v) is 12.1. The van der Waals surface area contributed by atoms with Gasteiger partial charge in [0.15, 0.2) is 11.5 Å². The van der Waals surface area contributed by atoms with E-state index in [0.717, 1.165) is 16.4 Å². The van der Waals surface area contributed by atoms with Gasteiger partial charge in [-0.05, 0) is 48.5 Å². The van der Waals surface area contributed by atoms with Crippen LogP contribution < -0.4 is 19.2 Å². The van der Waals surface area contributed by atoms with Gasteiger partial charge in [-0.1, -0.05) is 29.3 Å². The van der Waals surface area contributed by atoms with Crippen LogP contribution in [0.4, 0.5) is 10.1 Å². The van der Waals surface area contributed by atoms with Crippen molar-refractivity contribution in [1.29, 1.82) is 0 Å². The molecular weight excluding hydrogens is 520 g/mol. The van der Waals surface area contributed by atoms with E-state index in [-0.39, 0.29) is 16.3 Å². The topological polar surface area (TPSA) is 97.3 Å². The molecule has 0 aliphatic rings. The molecule has 0 heterocycles. The van der Waals surface area contributed by atoms with Crippen molar-refractivity contribution < 1.29 is 27.1 Å². The Morgan fingerprint density at radius 3 is 2.26 bits per heavy atom. The van der Waals surface area contributed by atoms with Crippen LogP contribution in [0.5, 0.6) is 11.5 Å². The second-order valence-corrected chi connectivity index (χ2v) is 9.61. The molecular formula is C23H20Cl2FN3O5S. The number of nitrogens with one attached hydrogen (secondary N) is 1. The molecule has 0 aromatic heterocycles. The lowest BCUT2D eigenvalue weighted by Gasteiger charge is -2.24. The zero-order valence-electron chi connectivity index (χ0n) is 18.5. The number of hydrogen-bond donors (Lipinski definition) is 1. The minimum atomic E-state index is -4.29. The fourth-order valence-corrected chi connectivity index (χ4v) is 4.93. The van der Waals surface area contributed by atoms with Gasteiger partial charge in [0.1, 0.15) is 12.4 Å². The summed E-state index contributed by atoms with van der Waals surface area (Å²) in [5, 5.41) is 4.46. The molecule has 12 heteroatoms.